The average Bonchev–Trinajstić information content (AvgIpc) is 2.83. The van der Waals surface area contributed by atoms with Crippen molar-refractivity contribution in [2.75, 3.05) is 13.7 Å². The number of amides is 1. The summed E-state index contributed by atoms with van der Waals surface area (Å²) in [6.07, 6.45) is 1.12. The Morgan fingerprint density at radius 1 is 1.58 bits per heavy atom. The first-order chi connectivity index (χ1) is 9.02. The number of hydrogen-bond acceptors (Lipinski definition) is 6. The minimum atomic E-state index is -0.268. The predicted octanol–water partition coefficient (Wildman–Crippen LogP) is 0.775. The van der Waals surface area contributed by atoms with E-state index in [0.29, 0.717) is 19.4 Å². The fourth-order valence-corrected chi connectivity index (χ4v) is 2.18. The lowest BCUT2D eigenvalue weighted by Gasteiger charge is -2.03. The number of thiazole rings is 1. The quantitative estimate of drug-likeness (QED) is 0.570. The molecule has 1 heterocycles. The molecular formula is C12H19N3O3S. The third-order valence-electron chi connectivity index (χ3n) is 2.41. The zero-order chi connectivity index (χ0) is 14.3. The Hall–Kier alpha value is -1.47. The van der Waals surface area contributed by atoms with Crippen molar-refractivity contribution < 1.29 is 14.3 Å². The maximum atomic E-state index is 11.6. The van der Waals surface area contributed by atoms with Crippen molar-refractivity contribution in [2.24, 2.45) is 5.73 Å². The van der Waals surface area contributed by atoms with Gasteiger partial charge in [0.15, 0.2) is 0 Å². The van der Waals surface area contributed by atoms with Crippen molar-refractivity contribution in [1.82, 2.24) is 10.3 Å². The first-order valence-corrected chi connectivity index (χ1v) is 6.94. The number of nitrogens with zero attached hydrogens (tertiary/aromatic N) is 1. The summed E-state index contributed by atoms with van der Waals surface area (Å²) in [7, 11) is 1.35. The molecule has 1 aromatic heterocycles. The maximum absolute atomic E-state index is 11.6. The monoisotopic (exact) mass is 285 g/mol. The second-order valence-corrected chi connectivity index (χ2v) is 5.06. The highest BCUT2D eigenvalue weighted by Gasteiger charge is 2.09. The zero-order valence-electron chi connectivity index (χ0n) is 11.1. The summed E-state index contributed by atoms with van der Waals surface area (Å²) in [4.78, 5) is 26.7. The molecule has 0 bridgehead atoms. The molecule has 1 aromatic rings. The minimum absolute atomic E-state index is 0.105. The lowest BCUT2D eigenvalue weighted by molar-refractivity contribution is -0.140. The van der Waals surface area contributed by atoms with Crippen molar-refractivity contribution in [3.8, 4) is 0 Å². The molecule has 0 saturated carbocycles. The number of rotatable bonds is 7. The standard InChI is InChI=1S/C12H19N3O3S/c1-8(13)12-15-9(7-19-12)6-10(16)14-5-3-4-11(17)18-2/h7-8H,3-6,13H2,1-2H3,(H,14,16). The summed E-state index contributed by atoms with van der Waals surface area (Å²) in [5.41, 5.74) is 6.43. The summed E-state index contributed by atoms with van der Waals surface area (Å²) in [5, 5.41) is 5.40. The molecule has 0 saturated heterocycles. The van der Waals surface area contributed by atoms with Crippen LogP contribution in [0.1, 0.15) is 36.5 Å². The van der Waals surface area contributed by atoms with Gasteiger partial charge in [0.25, 0.3) is 0 Å². The van der Waals surface area contributed by atoms with Gasteiger partial charge in [0.05, 0.1) is 25.3 Å². The molecule has 7 heteroatoms. The van der Waals surface area contributed by atoms with Crippen LogP contribution >= 0.6 is 11.3 Å². The Balaban J connectivity index is 2.25. The number of nitrogens with one attached hydrogen (secondary N) is 1. The fourth-order valence-electron chi connectivity index (χ4n) is 1.40. The zero-order valence-corrected chi connectivity index (χ0v) is 12.0. The third-order valence-corrected chi connectivity index (χ3v) is 3.50. The van der Waals surface area contributed by atoms with Gasteiger partial charge < -0.3 is 15.8 Å². The van der Waals surface area contributed by atoms with E-state index < -0.39 is 0 Å². The normalized spacial score (nSPS) is 11.9. The van der Waals surface area contributed by atoms with Gasteiger partial charge in [0.2, 0.25) is 5.91 Å². The topological polar surface area (TPSA) is 94.3 Å². The van der Waals surface area contributed by atoms with E-state index in [2.05, 4.69) is 15.0 Å². The van der Waals surface area contributed by atoms with Crippen LogP contribution in [0.3, 0.4) is 0 Å². The smallest absolute Gasteiger partial charge is 0.305 e. The summed E-state index contributed by atoms with van der Waals surface area (Å²) in [6.45, 7) is 2.31. The number of nitrogens with two attached hydrogens (primary N) is 1. The van der Waals surface area contributed by atoms with Crippen molar-refractivity contribution in [1.29, 1.82) is 0 Å². The summed E-state index contributed by atoms with van der Waals surface area (Å²) in [6, 6.07) is -0.109. The van der Waals surface area contributed by atoms with E-state index >= 15 is 0 Å². The molecule has 0 fully saturated rings. The lowest BCUT2D eigenvalue weighted by Crippen LogP contribution is -2.26. The van der Waals surface area contributed by atoms with Crippen LogP contribution in [0, 0.1) is 0 Å². The number of hydrogen-bond donors (Lipinski definition) is 2. The highest BCUT2D eigenvalue weighted by molar-refractivity contribution is 7.09. The third kappa shape index (κ3) is 5.80. The highest BCUT2D eigenvalue weighted by atomic mass is 32.1. The van der Waals surface area contributed by atoms with Gasteiger partial charge in [-0.1, -0.05) is 0 Å². The summed E-state index contributed by atoms with van der Waals surface area (Å²) < 4.78 is 4.51. The van der Waals surface area contributed by atoms with Gasteiger partial charge in [-0.05, 0) is 13.3 Å². The van der Waals surface area contributed by atoms with Gasteiger partial charge in [-0.15, -0.1) is 11.3 Å². The van der Waals surface area contributed by atoms with Crippen LogP contribution in [0.25, 0.3) is 0 Å². The number of esters is 1. The SMILES string of the molecule is COC(=O)CCCNC(=O)Cc1csc(C(C)N)n1. The second kappa shape index (κ2) is 7.85. The number of aromatic nitrogens is 1. The van der Waals surface area contributed by atoms with E-state index in [-0.39, 0.29) is 24.3 Å². The van der Waals surface area contributed by atoms with Crippen molar-refractivity contribution in [3.63, 3.8) is 0 Å². The Kier molecular flexibility index (Phi) is 6.44. The van der Waals surface area contributed by atoms with Gasteiger partial charge in [-0.25, -0.2) is 4.98 Å². The molecule has 0 aromatic carbocycles. The van der Waals surface area contributed by atoms with Gasteiger partial charge >= 0.3 is 5.97 Å². The van der Waals surface area contributed by atoms with Crippen molar-refractivity contribution in [3.05, 3.63) is 16.1 Å². The van der Waals surface area contributed by atoms with E-state index in [0.717, 1.165) is 10.7 Å². The molecule has 0 aliphatic carbocycles. The van der Waals surface area contributed by atoms with Crippen molar-refractivity contribution in [2.45, 2.75) is 32.2 Å². The van der Waals surface area contributed by atoms with Crippen LogP contribution in [-0.2, 0) is 20.7 Å². The maximum Gasteiger partial charge on any atom is 0.305 e. The molecule has 0 spiro atoms. The molecule has 0 aliphatic rings. The first-order valence-electron chi connectivity index (χ1n) is 6.06. The summed E-state index contributed by atoms with van der Waals surface area (Å²) >= 11 is 1.46. The molecule has 6 nitrogen and oxygen atoms in total. The molecule has 1 amide bonds. The number of methoxy groups -OCH3 is 1. The molecular weight excluding hydrogens is 266 g/mol. The average molecular weight is 285 g/mol. The van der Waals surface area contributed by atoms with E-state index in [4.69, 9.17) is 5.73 Å². The Morgan fingerprint density at radius 2 is 2.32 bits per heavy atom. The molecule has 1 atom stereocenters. The lowest BCUT2D eigenvalue weighted by atomic mass is 10.3. The van der Waals surface area contributed by atoms with Crippen LogP contribution in [0.4, 0.5) is 0 Å². The number of carbonyl (C=O) groups excluding carboxylic acids is 2. The molecule has 0 radical (unpaired) electrons. The van der Waals surface area contributed by atoms with Gasteiger partial charge in [0, 0.05) is 18.3 Å². The van der Waals surface area contributed by atoms with Gasteiger partial charge in [-0.2, -0.15) is 0 Å². The van der Waals surface area contributed by atoms with Crippen LogP contribution in [0.15, 0.2) is 5.38 Å². The molecule has 3 N–H and O–H groups in total. The highest BCUT2D eigenvalue weighted by Crippen LogP contribution is 2.15. The van der Waals surface area contributed by atoms with Crippen LogP contribution < -0.4 is 11.1 Å². The van der Waals surface area contributed by atoms with Gasteiger partial charge in [0.1, 0.15) is 5.01 Å². The molecule has 106 valence electrons. The Bertz CT molecular complexity index is 432. The molecule has 0 aliphatic heterocycles. The van der Waals surface area contributed by atoms with Crippen molar-refractivity contribution >= 4 is 23.2 Å². The minimum Gasteiger partial charge on any atom is -0.469 e. The Morgan fingerprint density at radius 3 is 2.89 bits per heavy atom. The fraction of sp³-hybridized carbons (Fsp3) is 0.583. The van der Waals surface area contributed by atoms with E-state index in [9.17, 15) is 9.59 Å². The van der Waals surface area contributed by atoms with E-state index in [1.54, 1.807) is 0 Å². The first kappa shape index (κ1) is 15.6. The predicted molar refractivity (Wildman–Crippen MR) is 72.7 cm³/mol. The molecule has 1 unspecified atom stereocenters. The van der Waals surface area contributed by atoms with Crippen LogP contribution in [-0.4, -0.2) is 30.5 Å². The van der Waals surface area contributed by atoms with Gasteiger partial charge in [-0.3, -0.25) is 9.59 Å². The van der Waals surface area contributed by atoms with E-state index in [1.165, 1.54) is 18.4 Å². The largest absolute Gasteiger partial charge is 0.469 e. The number of carbonyl (C=O) groups is 2. The van der Waals surface area contributed by atoms with E-state index in [1.807, 2.05) is 12.3 Å². The summed E-state index contributed by atoms with van der Waals surface area (Å²) in [5.74, 6) is -0.373. The molecule has 19 heavy (non-hydrogen) atoms. The Labute approximate surface area is 116 Å². The van der Waals surface area contributed by atoms with Crippen LogP contribution in [0.5, 0.6) is 0 Å². The number of ether oxygens (including phenoxy) is 1. The van der Waals surface area contributed by atoms with Crippen LogP contribution in [0.2, 0.25) is 0 Å². The second-order valence-electron chi connectivity index (χ2n) is 4.17. The molecule has 1 rings (SSSR count).